The molecule has 94 valence electrons. The van der Waals surface area contributed by atoms with Gasteiger partial charge in [-0.1, -0.05) is 30.3 Å². The van der Waals surface area contributed by atoms with Crippen LogP contribution < -0.4 is 10.6 Å². The molecule has 4 heteroatoms. The van der Waals surface area contributed by atoms with E-state index in [4.69, 9.17) is 17.0 Å². The van der Waals surface area contributed by atoms with Crippen molar-refractivity contribution in [3.8, 4) is 0 Å². The van der Waals surface area contributed by atoms with Crippen LogP contribution in [0.5, 0.6) is 0 Å². The Balaban J connectivity index is 2.02. The molecule has 0 saturated heterocycles. The summed E-state index contributed by atoms with van der Waals surface area (Å²) in [6, 6.07) is 10.5. The van der Waals surface area contributed by atoms with E-state index in [0.717, 1.165) is 25.9 Å². The first kappa shape index (κ1) is 13.9. The Hall–Kier alpha value is -1.13. The summed E-state index contributed by atoms with van der Waals surface area (Å²) < 4.78 is 4.93. The van der Waals surface area contributed by atoms with Crippen LogP contribution in [0.3, 0.4) is 0 Å². The molecular weight excluding hydrogens is 232 g/mol. The molecule has 1 aromatic carbocycles. The van der Waals surface area contributed by atoms with Crippen LogP contribution in [0.25, 0.3) is 0 Å². The van der Waals surface area contributed by atoms with Crippen LogP contribution in [0.2, 0.25) is 0 Å². The summed E-state index contributed by atoms with van der Waals surface area (Å²) in [5, 5.41) is 6.96. The fourth-order valence-corrected chi connectivity index (χ4v) is 1.67. The van der Waals surface area contributed by atoms with Crippen LogP contribution in [-0.4, -0.2) is 31.9 Å². The van der Waals surface area contributed by atoms with Gasteiger partial charge in [-0.3, -0.25) is 0 Å². The van der Waals surface area contributed by atoms with Crippen molar-refractivity contribution in [1.82, 2.24) is 10.6 Å². The average Bonchev–Trinajstić information content (AvgIpc) is 2.36. The zero-order valence-electron chi connectivity index (χ0n) is 10.2. The fourth-order valence-electron chi connectivity index (χ4n) is 1.47. The summed E-state index contributed by atoms with van der Waals surface area (Å²) in [6.45, 7) is 2.32. The zero-order valence-corrected chi connectivity index (χ0v) is 11.1. The van der Waals surface area contributed by atoms with Crippen LogP contribution in [0.4, 0.5) is 0 Å². The van der Waals surface area contributed by atoms with Crippen LogP contribution in [0, 0.1) is 0 Å². The summed E-state index contributed by atoms with van der Waals surface area (Å²) in [4.78, 5) is 0. The SMILES string of the molecule is COCCNC(=S)NCCCc1ccccc1. The van der Waals surface area contributed by atoms with Crippen molar-refractivity contribution in [3.05, 3.63) is 35.9 Å². The zero-order chi connectivity index (χ0) is 12.3. The lowest BCUT2D eigenvalue weighted by Gasteiger charge is -2.09. The highest BCUT2D eigenvalue weighted by molar-refractivity contribution is 7.80. The predicted octanol–water partition coefficient (Wildman–Crippen LogP) is 1.73. The minimum atomic E-state index is 0.672. The number of hydrogen-bond acceptors (Lipinski definition) is 2. The Bertz CT molecular complexity index is 316. The molecule has 0 bridgehead atoms. The number of aryl methyl sites for hydroxylation is 1. The standard InChI is InChI=1S/C13H20N2OS/c1-16-11-10-15-13(17)14-9-5-8-12-6-3-2-4-7-12/h2-4,6-7H,5,8-11H2,1H3,(H2,14,15,17). The van der Waals surface area contributed by atoms with Crippen molar-refractivity contribution in [2.45, 2.75) is 12.8 Å². The first-order valence-electron chi connectivity index (χ1n) is 5.87. The number of nitrogens with one attached hydrogen (secondary N) is 2. The van der Waals surface area contributed by atoms with Gasteiger partial charge in [0.05, 0.1) is 6.61 Å². The minimum absolute atomic E-state index is 0.672. The van der Waals surface area contributed by atoms with Crippen molar-refractivity contribution < 1.29 is 4.74 Å². The molecule has 1 rings (SSSR count). The van der Waals surface area contributed by atoms with E-state index in [1.165, 1.54) is 5.56 Å². The van der Waals surface area contributed by atoms with E-state index in [9.17, 15) is 0 Å². The molecule has 0 atom stereocenters. The van der Waals surface area contributed by atoms with Gasteiger partial charge in [0, 0.05) is 20.2 Å². The summed E-state index contributed by atoms with van der Waals surface area (Å²) in [5.74, 6) is 0. The molecule has 0 unspecified atom stereocenters. The van der Waals surface area contributed by atoms with Crippen LogP contribution in [0.15, 0.2) is 30.3 Å². The largest absolute Gasteiger partial charge is 0.383 e. The highest BCUT2D eigenvalue weighted by atomic mass is 32.1. The highest BCUT2D eigenvalue weighted by Crippen LogP contribution is 2.01. The van der Waals surface area contributed by atoms with Gasteiger partial charge in [-0.2, -0.15) is 0 Å². The highest BCUT2D eigenvalue weighted by Gasteiger charge is 1.95. The number of ether oxygens (including phenoxy) is 1. The normalized spacial score (nSPS) is 9.94. The van der Waals surface area contributed by atoms with E-state index in [0.29, 0.717) is 11.7 Å². The van der Waals surface area contributed by atoms with E-state index in [1.807, 2.05) is 6.07 Å². The number of methoxy groups -OCH3 is 1. The van der Waals surface area contributed by atoms with Gasteiger partial charge in [0.2, 0.25) is 0 Å². The van der Waals surface area contributed by atoms with Gasteiger partial charge in [-0.15, -0.1) is 0 Å². The lowest BCUT2D eigenvalue weighted by molar-refractivity contribution is 0.204. The number of rotatable bonds is 7. The van der Waals surface area contributed by atoms with Gasteiger partial charge in [-0.05, 0) is 30.6 Å². The van der Waals surface area contributed by atoms with Crippen LogP contribution in [0.1, 0.15) is 12.0 Å². The molecule has 0 aliphatic heterocycles. The molecule has 0 radical (unpaired) electrons. The second kappa shape index (κ2) is 8.96. The van der Waals surface area contributed by atoms with Crippen molar-refractivity contribution >= 4 is 17.3 Å². The van der Waals surface area contributed by atoms with Gasteiger partial charge in [-0.25, -0.2) is 0 Å². The molecule has 1 aromatic rings. The van der Waals surface area contributed by atoms with Crippen molar-refractivity contribution in [3.63, 3.8) is 0 Å². The topological polar surface area (TPSA) is 33.3 Å². The van der Waals surface area contributed by atoms with Crippen LogP contribution >= 0.6 is 12.2 Å². The second-order valence-electron chi connectivity index (χ2n) is 3.76. The third-order valence-corrected chi connectivity index (χ3v) is 2.65. The van der Waals surface area contributed by atoms with Crippen molar-refractivity contribution in [1.29, 1.82) is 0 Å². The smallest absolute Gasteiger partial charge is 0.166 e. The molecular formula is C13H20N2OS. The predicted molar refractivity (Wildman–Crippen MR) is 75.2 cm³/mol. The molecule has 0 aromatic heterocycles. The van der Waals surface area contributed by atoms with E-state index < -0.39 is 0 Å². The molecule has 17 heavy (non-hydrogen) atoms. The Morgan fingerprint density at radius 3 is 2.59 bits per heavy atom. The van der Waals surface area contributed by atoms with Crippen molar-refractivity contribution in [2.24, 2.45) is 0 Å². The summed E-state index contributed by atoms with van der Waals surface area (Å²) in [7, 11) is 1.68. The maximum atomic E-state index is 5.12. The molecule has 2 N–H and O–H groups in total. The lowest BCUT2D eigenvalue weighted by atomic mass is 10.1. The lowest BCUT2D eigenvalue weighted by Crippen LogP contribution is -2.37. The third-order valence-electron chi connectivity index (χ3n) is 2.36. The van der Waals surface area contributed by atoms with Crippen LogP contribution in [-0.2, 0) is 11.2 Å². The third kappa shape index (κ3) is 6.92. The number of benzene rings is 1. The Morgan fingerprint density at radius 2 is 1.88 bits per heavy atom. The maximum absolute atomic E-state index is 5.12. The van der Waals surface area contributed by atoms with E-state index >= 15 is 0 Å². The maximum Gasteiger partial charge on any atom is 0.166 e. The van der Waals surface area contributed by atoms with Gasteiger partial charge < -0.3 is 15.4 Å². The van der Waals surface area contributed by atoms with E-state index in [2.05, 4.69) is 34.9 Å². The summed E-state index contributed by atoms with van der Waals surface area (Å²) >= 11 is 5.12. The molecule has 3 nitrogen and oxygen atoms in total. The molecule has 0 aliphatic carbocycles. The first-order valence-corrected chi connectivity index (χ1v) is 6.28. The summed E-state index contributed by atoms with van der Waals surface area (Å²) in [6.07, 6.45) is 2.16. The number of thiocarbonyl (C=S) groups is 1. The van der Waals surface area contributed by atoms with Gasteiger partial charge >= 0.3 is 0 Å². The number of hydrogen-bond donors (Lipinski definition) is 2. The minimum Gasteiger partial charge on any atom is -0.383 e. The Labute approximate surface area is 109 Å². The molecule has 0 spiro atoms. The van der Waals surface area contributed by atoms with Gasteiger partial charge in [0.15, 0.2) is 5.11 Å². The quantitative estimate of drug-likeness (QED) is 0.572. The fraction of sp³-hybridized carbons (Fsp3) is 0.462. The Morgan fingerprint density at radius 1 is 1.18 bits per heavy atom. The molecule has 0 fully saturated rings. The molecule has 0 heterocycles. The average molecular weight is 252 g/mol. The van der Waals surface area contributed by atoms with Gasteiger partial charge in [0.1, 0.15) is 0 Å². The summed E-state index contributed by atoms with van der Waals surface area (Å²) in [5.41, 5.74) is 1.37. The van der Waals surface area contributed by atoms with E-state index in [-0.39, 0.29) is 0 Å². The second-order valence-corrected chi connectivity index (χ2v) is 4.17. The molecule has 0 saturated carbocycles. The van der Waals surface area contributed by atoms with Crippen molar-refractivity contribution in [2.75, 3.05) is 26.8 Å². The van der Waals surface area contributed by atoms with Gasteiger partial charge in [0.25, 0.3) is 0 Å². The molecule has 0 amide bonds. The Kier molecular flexibility index (Phi) is 7.34. The monoisotopic (exact) mass is 252 g/mol. The first-order chi connectivity index (χ1) is 8.33. The molecule has 0 aliphatic rings. The van der Waals surface area contributed by atoms with E-state index in [1.54, 1.807) is 7.11 Å².